The van der Waals surface area contributed by atoms with Crippen LogP contribution in [0, 0.1) is 0 Å². The summed E-state index contributed by atoms with van der Waals surface area (Å²) >= 11 is 4.84. The Bertz CT molecular complexity index is 127. The Balaban J connectivity index is 3.49. The van der Waals surface area contributed by atoms with Gasteiger partial charge >= 0.3 is 75.7 Å². The van der Waals surface area contributed by atoms with Crippen molar-refractivity contribution in [3.05, 3.63) is 24.8 Å². The Kier molecular flexibility index (Phi) is 7.02. The van der Waals surface area contributed by atoms with Crippen LogP contribution in [0.15, 0.2) is 24.8 Å². The molecular weight excluding hydrogens is 348 g/mol. The Labute approximate surface area is 75.6 Å². The molecule has 0 aromatic heterocycles. The van der Waals surface area contributed by atoms with Gasteiger partial charge in [0.15, 0.2) is 0 Å². The SMILES string of the molecule is C=CC[C](=[W])/C=C\CBr. The summed E-state index contributed by atoms with van der Waals surface area (Å²) in [6, 6.07) is 0. The van der Waals surface area contributed by atoms with Gasteiger partial charge in [-0.2, -0.15) is 0 Å². The third kappa shape index (κ3) is 6.40. The molecule has 0 aromatic rings. The van der Waals surface area contributed by atoms with Gasteiger partial charge in [-0.1, -0.05) is 0 Å². The van der Waals surface area contributed by atoms with Crippen molar-refractivity contribution >= 4 is 19.8 Å². The average Bonchev–Trinajstić information content (AvgIpc) is 1.85. The van der Waals surface area contributed by atoms with E-state index in [1.807, 2.05) is 6.08 Å². The molecule has 0 saturated carbocycles. The second-order valence-electron chi connectivity index (χ2n) is 1.52. The molecule has 50 valence electrons. The van der Waals surface area contributed by atoms with Gasteiger partial charge < -0.3 is 0 Å². The van der Waals surface area contributed by atoms with Crippen molar-refractivity contribution in [1.29, 1.82) is 0 Å². The topological polar surface area (TPSA) is 0 Å². The minimum atomic E-state index is 0.945. The number of hydrogen-bond acceptors (Lipinski definition) is 0. The van der Waals surface area contributed by atoms with Crippen LogP contribution < -0.4 is 0 Å². The second kappa shape index (κ2) is 6.64. The van der Waals surface area contributed by atoms with Gasteiger partial charge in [0.25, 0.3) is 0 Å². The standard InChI is InChI=1S/C7H9Br.W/c1-2-3-4-5-6-7-8;/h2,5-6H,1,3,7H2;/b6-5-;. The Morgan fingerprint density at radius 1 is 1.67 bits per heavy atom. The zero-order chi connectivity index (χ0) is 7.11. The molecule has 9 heavy (non-hydrogen) atoms. The van der Waals surface area contributed by atoms with Crippen molar-refractivity contribution in [3.63, 3.8) is 0 Å². The molecule has 0 radical (unpaired) electrons. The predicted molar refractivity (Wildman–Crippen MR) is 42.8 cm³/mol. The zero-order valence-electron chi connectivity index (χ0n) is 5.14. The fraction of sp³-hybridized carbons (Fsp3) is 0.286. The molecule has 0 nitrogen and oxygen atoms in total. The van der Waals surface area contributed by atoms with Crippen molar-refractivity contribution in [2.24, 2.45) is 0 Å². The Morgan fingerprint density at radius 3 is 2.78 bits per heavy atom. The van der Waals surface area contributed by atoms with E-state index in [-0.39, 0.29) is 0 Å². The minimum absolute atomic E-state index is 0.945. The molecule has 0 aliphatic rings. The Hall–Kier alpha value is 0.518. The van der Waals surface area contributed by atoms with Crippen LogP contribution in [0.4, 0.5) is 0 Å². The normalized spacial score (nSPS) is 9.89. The number of alkyl halides is 1. The number of halogens is 1. The molecule has 0 unspecified atom stereocenters. The first-order chi connectivity index (χ1) is 4.31. The van der Waals surface area contributed by atoms with Crippen molar-refractivity contribution in [2.45, 2.75) is 6.42 Å². The maximum absolute atomic E-state index is 3.66. The fourth-order valence-electron chi connectivity index (χ4n) is 0.386. The average molecular weight is 357 g/mol. The van der Waals surface area contributed by atoms with Crippen LogP contribution in [-0.4, -0.2) is 9.23 Å². The van der Waals surface area contributed by atoms with Gasteiger partial charge in [-0.15, -0.1) is 0 Å². The first kappa shape index (κ1) is 9.52. The van der Waals surface area contributed by atoms with Gasteiger partial charge in [0.2, 0.25) is 0 Å². The van der Waals surface area contributed by atoms with Crippen LogP contribution in [0.5, 0.6) is 0 Å². The molecule has 0 aliphatic heterocycles. The van der Waals surface area contributed by atoms with E-state index < -0.39 is 0 Å². The molecule has 0 saturated heterocycles. The van der Waals surface area contributed by atoms with E-state index in [9.17, 15) is 0 Å². The van der Waals surface area contributed by atoms with Crippen LogP contribution in [0.2, 0.25) is 0 Å². The van der Waals surface area contributed by atoms with E-state index in [1.165, 1.54) is 23.3 Å². The molecule has 0 bridgehead atoms. The summed E-state index contributed by atoms with van der Waals surface area (Å²) in [5, 5.41) is 0.945. The van der Waals surface area contributed by atoms with Crippen LogP contribution in [0.25, 0.3) is 0 Å². The molecule has 0 N–H and O–H groups in total. The maximum atomic E-state index is 3.66. The third-order valence-corrected chi connectivity index (χ3v) is 2.20. The van der Waals surface area contributed by atoms with Gasteiger partial charge in [0.05, 0.1) is 0 Å². The Morgan fingerprint density at radius 2 is 2.33 bits per heavy atom. The fourth-order valence-corrected chi connectivity index (χ4v) is 1.34. The summed E-state index contributed by atoms with van der Waals surface area (Å²) in [4.78, 5) is 0. The quantitative estimate of drug-likeness (QED) is 0.535. The second-order valence-corrected chi connectivity index (χ2v) is 4.05. The monoisotopic (exact) mass is 356 g/mol. The van der Waals surface area contributed by atoms with Crippen LogP contribution >= 0.6 is 15.9 Å². The van der Waals surface area contributed by atoms with Gasteiger partial charge in [-0.05, 0) is 0 Å². The molecule has 0 rings (SSSR count). The third-order valence-electron chi connectivity index (χ3n) is 0.738. The van der Waals surface area contributed by atoms with Gasteiger partial charge in [-0.25, -0.2) is 0 Å². The van der Waals surface area contributed by atoms with E-state index in [4.69, 9.17) is 0 Å². The van der Waals surface area contributed by atoms with Gasteiger partial charge in [0, 0.05) is 0 Å². The molecule has 0 aliphatic carbocycles. The summed E-state index contributed by atoms with van der Waals surface area (Å²) in [5.41, 5.74) is 0. The predicted octanol–water partition coefficient (Wildman–Crippen LogP) is 2.23. The van der Waals surface area contributed by atoms with Crippen molar-refractivity contribution < 1.29 is 19.4 Å². The molecule has 0 heterocycles. The number of hydrogen-bond donors (Lipinski definition) is 0. The van der Waals surface area contributed by atoms with Crippen molar-refractivity contribution in [2.75, 3.05) is 5.33 Å². The summed E-state index contributed by atoms with van der Waals surface area (Å²) in [6.45, 7) is 3.66. The van der Waals surface area contributed by atoms with Gasteiger partial charge in [-0.3, -0.25) is 0 Å². The molecule has 0 amide bonds. The molecule has 0 atom stereocenters. The van der Waals surface area contributed by atoms with Crippen molar-refractivity contribution in [1.82, 2.24) is 0 Å². The van der Waals surface area contributed by atoms with Crippen LogP contribution in [0.1, 0.15) is 6.42 Å². The van der Waals surface area contributed by atoms with Crippen molar-refractivity contribution in [3.8, 4) is 0 Å². The molecule has 0 fully saturated rings. The summed E-state index contributed by atoms with van der Waals surface area (Å²) < 4.78 is 1.43. The molecule has 0 aromatic carbocycles. The first-order valence-electron chi connectivity index (χ1n) is 2.67. The van der Waals surface area contributed by atoms with E-state index >= 15 is 0 Å². The summed E-state index contributed by atoms with van der Waals surface area (Å²) in [7, 11) is 0. The first-order valence-corrected chi connectivity index (χ1v) is 5.26. The number of allylic oxidation sites excluding steroid dienone is 3. The van der Waals surface area contributed by atoms with E-state index in [2.05, 4.69) is 34.7 Å². The molecule has 2 heteroatoms. The molecule has 0 spiro atoms. The van der Waals surface area contributed by atoms with E-state index in [0.717, 1.165) is 11.8 Å². The zero-order valence-corrected chi connectivity index (χ0v) is 9.66. The van der Waals surface area contributed by atoms with Crippen LogP contribution in [0.3, 0.4) is 0 Å². The summed E-state index contributed by atoms with van der Waals surface area (Å²) in [6.07, 6.45) is 7.21. The van der Waals surface area contributed by atoms with E-state index in [1.54, 1.807) is 0 Å². The van der Waals surface area contributed by atoms with E-state index in [0.29, 0.717) is 0 Å². The summed E-state index contributed by atoms with van der Waals surface area (Å²) in [5.74, 6) is 0. The molecular formula is C7H9BrW. The van der Waals surface area contributed by atoms with Gasteiger partial charge in [0.1, 0.15) is 0 Å². The van der Waals surface area contributed by atoms with Crippen LogP contribution in [-0.2, 0) is 19.4 Å². The number of rotatable bonds is 4.